The first-order chi connectivity index (χ1) is 19.9. The van der Waals surface area contributed by atoms with Crippen LogP contribution in [0.4, 0.5) is 5.69 Å². The van der Waals surface area contributed by atoms with Gasteiger partial charge in [-0.1, -0.05) is 41.6 Å². The highest BCUT2D eigenvalue weighted by Crippen LogP contribution is 2.35. The van der Waals surface area contributed by atoms with Gasteiger partial charge in [0.15, 0.2) is 11.5 Å². The minimum atomic E-state index is -0.0829. The third kappa shape index (κ3) is 6.12. The van der Waals surface area contributed by atoms with Gasteiger partial charge in [0.25, 0.3) is 0 Å². The molecule has 0 aliphatic carbocycles. The molecule has 1 atom stereocenters. The highest BCUT2D eigenvalue weighted by atomic mass is 16.5. The first-order valence-corrected chi connectivity index (χ1v) is 14.3. The van der Waals surface area contributed by atoms with Crippen molar-refractivity contribution in [2.75, 3.05) is 32.1 Å². The molecule has 2 bridgehead atoms. The summed E-state index contributed by atoms with van der Waals surface area (Å²) in [4.78, 5) is 19.8. The SMILES string of the molecule is COc1ccc(NC(=O)Cc2ccc(-c3ccc(-c4noc(C)n4)cc3C)cc2)cc1OCC1CC2CCN1CC2. The number of aromatic nitrogens is 2. The second-order valence-electron chi connectivity index (χ2n) is 11.1. The molecule has 4 aromatic rings. The molecule has 1 amide bonds. The lowest BCUT2D eigenvalue weighted by Gasteiger charge is -2.45. The molecule has 212 valence electrons. The van der Waals surface area contributed by atoms with E-state index in [0.717, 1.165) is 33.7 Å². The van der Waals surface area contributed by atoms with E-state index in [9.17, 15) is 4.79 Å². The quantitative estimate of drug-likeness (QED) is 0.269. The summed E-state index contributed by atoms with van der Waals surface area (Å²) in [6, 6.07) is 20.2. The van der Waals surface area contributed by atoms with Crippen LogP contribution >= 0.6 is 0 Å². The van der Waals surface area contributed by atoms with Gasteiger partial charge in [0.1, 0.15) is 6.61 Å². The van der Waals surface area contributed by atoms with Crippen LogP contribution in [0.2, 0.25) is 0 Å². The van der Waals surface area contributed by atoms with E-state index >= 15 is 0 Å². The van der Waals surface area contributed by atoms with Crippen LogP contribution in [-0.2, 0) is 11.2 Å². The number of hydrogen-bond acceptors (Lipinski definition) is 7. The number of carbonyl (C=O) groups excluding carboxylic acids is 1. The minimum absolute atomic E-state index is 0.0829. The molecule has 3 saturated heterocycles. The lowest BCUT2D eigenvalue weighted by atomic mass is 9.83. The lowest BCUT2D eigenvalue weighted by molar-refractivity contribution is -0.115. The number of ether oxygens (including phenoxy) is 2. The second kappa shape index (κ2) is 11.7. The average Bonchev–Trinajstić information content (AvgIpc) is 3.43. The Bertz CT molecular complexity index is 1520. The minimum Gasteiger partial charge on any atom is -0.493 e. The van der Waals surface area contributed by atoms with Crippen molar-refractivity contribution >= 4 is 11.6 Å². The number of methoxy groups -OCH3 is 1. The van der Waals surface area contributed by atoms with Crippen molar-refractivity contribution in [1.82, 2.24) is 15.0 Å². The highest BCUT2D eigenvalue weighted by Gasteiger charge is 2.33. The van der Waals surface area contributed by atoms with Crippen LogP contribution in [0, 0.1) is 19.8 Å². The molecule has 3 aromatic carbocycles. The van der Waals surface area contributed by atoms with Gasteiger partial charge >= 0.3 is 0 Å². The average molecular weight is 553 g/mol. The van der Waals surface area contributed by atoms with Crippen molar-refractivity contribution in [2.24, 2.45) is 5.92 Å². The van der Waals surface area contributed by atoms with E-state index in [2.05, 4.69) is 51.5 Å². The Kier molecular flexibility index (Phi) is 7.74. The van der Waals surface area contributed by atoms with Crippen molar-refractivity contribution in [3.8, 4) is 34.0 Å². The molecule has 7 rings (SSSR count). The van der Waals surface area contributed by atoms with E-state index in [0.29, 0.717) is 41.6 Å². The van der Waals surface area contributed by atoms with Gasteiger partial charge in [-0.05, 0) is 85.6 Å². The molecule has 0 saturated carbocycles. The van der Waals surface area contributed by atoms with Crippen molar-refractivity contribution in [3.63, 3.8) is 0 Å². The van der Waals surface area contributed by atoms with Crippen LogP contribution in [0.3, 0.4) is 0 Å². The molecule has 0 spiro atoms. The number of fused-ring (bicyclic) bond motifs is 3. The van der Waals surface area contributed by atoms with Crippen molar-refractivity contribution in [1.29, 1.82) is 0 Å². The molecule has 1 unspecified atom stereocenters. The molecule has 8 nitrogen and oxygen atoms in total. The fourth-order valence-corrected chi connectivity index (χ4v) is 6.05. The fraction of sp³-hybridized carbons (Fsp3) is 0.364. The fourth-order valence-electron chi connectivity index (χ4n) is 6.05. The number of amides is 1. The molecule has 1 N–H and O–H groups in total. The highest BCUT2D eigenvalue weighted by molar-refractivity contribution is 5.92. The van der Waals surface area contributed by atoms with Gasteiger partial charge < -0.3 is 19.3 Å². The monoisotopic (exact) mass is 552 g/mol. The number of rotatable bonds is 9. The van der Waals surface area contributed by atoms with E-state index in [1.807, 2.05) is 36.4 Å². The van der Waals surface area contributed by atoms with Crippen LogP contribution in [0.5, 0.6) is 11.5 Å². The Morgan fingerprint density at radius 2 is 1.78 bits per heavy atom. The van der Waals surface area contributed by atoms with E-state index < -0.39 is 0 Å². The van der Waals surface area contributed by atoms with E-state index in [-0.39, 0.29) is 12.3 Å². The predicted molar refractivity (Wildman–Crippen MR) is 158 cm³/mol. The molecule has 8 heteroatoms. The third-order valence-electron chi connectivity index (χ3n) is 8.29. The summed E-state index contributed by atoms with van der Waals surface area (Å²) in [5.41, 5.74) is 5.87. The van der Waals surface area contributed by atoms with E-state index in [4.69, 9.17) is 14.0 Å². The Balaban J connectivity index is 1.07. The summed E-state index contributed by atoms with van der Waals surface area (Å²) in [5, 5.41) is 7.03. The molecular formula is C33H36N4O4. The van der Waals surface area contributed by atoms with Gasteiger partial charge in [0.2, 0.25) is 17.6 Å². The number of nitrogens with zero attached hydrogens (tertiary/aromatic N) is 3. The number of aryl methyl sites for hydroxylation is 2. The lowest BCUT2D eigenvalue weighted by Crippen LogP contribution is -2.51. The van der Waals surface area contributed by atoms with Gasteiger partial charge in [-0.3, -0.25) is 9.69 Å². The van der Waals surface area contributed by atoms with E-state index in [1.165, 1.54) is 32.4 Å². The van der Waals surface area contributed by atoms with Crippen LogP contribution in [0.1, 0.15) is 36.3 Å². The van der Waals surface area contributed by atoms with Gasteiger partial charge in [-0.15, -0.1) is 0 Å². The molecule has 1 aromatic heterocycles. The van der Waals surface area contributed by atoms with Gasteiger partial charge in [0.05, 0.1) is 13.5 Å². The largest absolute Gasteiger partial charge is 0.493 e. The maximum atomic E-state index is 12.9. The summed E-state index contributed by atoms with van der Waals surface area (Å²) in [7, 11) is 1.64. The van der Waals surface area contributed by atoms with Crippen molar-refractivity contribution in [2.45, 2.75) is 45.6 Å². The Labute approximate surface area is 240 Å². The van der Waals surface area contributed by atoms with E-state index in [1.54, 1.807) is 14.0 Å². The standard InChI is InChI=1S/C33H36N4O4/c1-21-16-26(33-34-22(2)41-36-33)8-10-29(21)25-6-4-23(5-7-25)18-32(38)35-27-9-11-30(39-3)31(19-27)40-20-28-17-24-12-14-37(28)15-13-24/h4-11,16,19,24,28H,12-15,17-18,20H2,1-3H3,(H,35,38). The molecular weight excluding hydrogens is 516 g/mol. The normalized spacial score (nSPS) is 19.6. The number of nitrogens with one attached hydrogen (secondary N) is 1. The van der Waals surface area contributed by atoms with Gasteiger partial charge in [-0.2, -0.15) is 4.98 Å². The number of carbonyl (C=O) groups is 1. The molecule has 3 aliphatic heterocycles. The van der Waals surface area contributed by atoms with Crippen LogP contribution < -0.4 is 14.8 Å². The van der Waals surface area contributed by atoms with Crippen LogP contribution in [-0.4, -0.2) is 53.8 Å². The first kappa shape index (κ1) is 27.0. The third-order valence-corrected chi connectivity index (χ3v) is 8.29. The van der Waals surface area contributed by atoms with Crippen molar-refractivity contribution in [3.05, 3.63) is 77.7 Å². The first-order valence-electron chi connectivity index (χ1n) is 14.3. The summed E-state index contributed by atoms with van der Waals surface area (Å²) in [6.07, 6.45) is 4.08. The summed E-state index contributed by atoms with van der Waals surface area (Å²) >= 11 is 0. The predicted octanol–water partition coefficient (Wildman–Crippen LogP) is 6.07. The summed E-state index contributed by atoms with van der Waals surface area (Å²) in [6.45, 7) is 6.81. The van der Waals surface area contributed by atoms with Crippen LogP contribution in [0.25, 0.3) is 22.5 Å². The van der Waals surface area contributed by atoms with Crippen molar-refractivity contribution < 1.29 is 18.8 Å². The zero-order valence-electron chi connectivity index (χ0n) is 23.9. The molecule has 41 heavy (non-hydrogen) atoms. The molecule has 3 fully saturated rings. The smallest absolute Gasteiger partial charge is 0.228 e. The number of hydrogen-bond donors (Lipinski definition) is 1. The number of anilines is 1. The Hall–Kier alpha value is -4.17. The summed E-state index contributed by atoms with van der Waals surface area (Å²) in [5.74, 6) is 3.20. The molecule has 3 aliphatic rings. The zero-order chi connectivity index (χ0) is 28.3. The Morgan fingerprint density at radius 3 is 2.44 bits per heavy atom. The molecule has 4 heterocycles. The topological polar surface area (TPSA) is 89.7 Å². The number of piperidine rings is 3. The second-order valence-corrected chi connectivity index (χ2v) is 11.1. The maximum absolute atomic E-state index is 12.9. The van der Waals surface area contributed by atoms with Crippen LogP contribution in [0.15, 0.2) is 65.2 Å². The maximum Gasteiger partial charge on any atom is 0.228 e. The molecule has 0 radical (unpaired) electrons. The summed E-state index contributed by atoms with van der Waals surface area (Å²) < 4.78 is 16.9. The van der Waals surface area contributed by atoms with Gasteiger partial charge in [-0.25, -0.2) is 0 Å². The number of benzene rings is 3. The zero-order valence-corrected chi connectivity index (χ0v) is 23.9. The van der Waals surface area contributed by atoms with Gasteiger partial charge in [0, 0.05) is 30.3 Å². The Morgan fingerprint density at radius 1 is 1.00 bits per heavy atom.